The molecular formula is C13H13ClN4O2S. The fourth-order valence-corrected chi connectivity index (χ4v) is 2.06. The third-order valence-corrected chi connectivity index (χ3v) is 3.44. The number of carbonyl (C=O) groups excluding carboxylic acids is 1. The number of aromatic nitrogens is 2. The van der Waals surface area contributed by atoms with Crippen molar-refractivity contribution in [2.24, 2.45) is 0 Å². The molecule has 1 aromatic carbocycles. The van der Waals surface area contributed by atoms with E-state index in [0.29, 0.717) is 21.4 Å². The zero-order valence-electron chi connectivity index (χ0n) is 11.1. The second kappa shape index (κ2) is 7.26. The second-order valence-corrected chi connectivity index (χ2v) is 5.13. The molecule has 0 aliphatic carbocycles. The molecule has 3 N–H and O–H groups in total. The Bertz CT molecular complexity index is 654. The largest absolute Gasteiger partial charge is 0.391 e. The second-order valence-electron chi connectivity index (χ2n) is 3.95. The van der Waals surface area contributed by atoms with Crippen molar-refractivity contribution in [1.82, 2.24) is 9.97 Å². The summed E-state index contributed by atoms with van der Waals surface area (Å²) in [6.07, 6.45) is 3.30. The number of thioether (sulfide) groups is 1. The molecule has 2 rings (SSSR count). The summed E-state index contributed by atoms with van der Waals surface area (Å²) < 4.78 is 0. The number of urea groups is 1. The van der Waals surface area contributed by atoms with Gasteiger partial charge in [0.05, 0.1) is 17.3 Å². The van der Waals surface area contributed by atoms with Crippen LogP contribution in [0, 0.1) is 0 Å². The Morgan fingerprint density at radius 2 is 2.14 bits per heavy atom. The number of aliphatic hydroxyl groups excluding tert-OH is 1. The number of para-hydroxylation sites is 1. The van der Waals surface area contributed by atoms with Gasteiger partial charge in [0.2, 0.25) is 0 Å². The van der Waals surface area contributed by atoms with E-state index in [9.17, 15) is 9.90 Å². The number of hydrogen-bond donors (Lipinski definition) is 3. The molecule has 0 saturated carbocycles. The summed E-state index contributed by atoms with van der Waals surface area (Å²) in [5, 5.41) is 15.4. The molecule has 0 atom stereocenters. The van der Waals surface area contributed by atoms with Crippen LogP contribution in [0.2, 0.25) is 5.02 Å². The molecule has 0 radical (unpaired) electrons. The Kier molecular flexibility index (Phi) is 5.38. The van der Waals surface area contributed by atoms with E-state index in [1.165, 1.54) is 18.0 Å². The van der Waals surface area contributed by atoms with Crippen LogP contribution < -0.4 is 10.6 Å². The summed E-state index contributed by atoms with van der Waals surface area (Å²) >= 11 is 7.31. The highest BCUT2D eigenvalue weighted by Gasteiger charge is 2.11. The van der Waals surface area contributed by atoms with Gasteiger partial charge in [-0.1, -0.05) is 35.5 Å². The van der Waals surface area contributed by atoms with Gasteiger partial charge in [-0.15, -0.1) is 0 Å². The van der Waals surface area contributed by atoms with Gasteiger partial charge in [-0.3, -0.25) is 5.32 Å². The lowest BCUT2D eigenvalue weighted by Crippen LogP contribution is -2.21. The SMILES string of the molecule is CSc1ncc(CO)c(NC(=O)Nc2ccccc2Cl)n1. The number of hydrogen-bond acceptors (Lipinski definition) is 5. The van der Waals surface area contributed by atoms with E-state index in [1.807, 2.05) is 6.26 Å². The molecule has 1 aromatic heterocycles. The van der Waals surface area contributed by atoms with Gasteiger partial charge >= 0.3 is 6.03 Å². The minimum atomic E-state index is -0.497. The summed E-state index contributed by atoms with van der Waals surface area (Å²) in [4.78, 5) is 20.2. The van der Waals surface area contributed by atoms with E-state index in [0.717, 1.165) is 0 Å². The quantitative estimate of drug-likeness (QED) is 0.594. The van der Waals surface area contributed by atoms with E-state index in [1.54, 1.807) is 24.3 Å². The maximum absolute atomic E-state index is 12.0. The monoisotopic (exact) mass is 324 g/mol. The first-order valence-corrected chi connectivity index (χ1v) is 7.57. The maximum Gasteiger partial charge on any atom is 0.324 e. The zero-order chi connectivity index (χ0) is 15.2. The molecule has 0 saturated heterocycles. The number of nitrogens with one attached hydrogen (secondary N) is 2. The first kappa shape index (κ1) is 15.6. The Morgan fingerprint density at radius 1 is 1.38 bits per heavy atom. The van der Waals surface area contributed by atoms with Crippen LogP contribution in [0.3, 0.4) is 0 Å². The predicted octanol–water partition coefficient (Wildman–Crippen LogP) is 2.99. The molecule has 1 heterocycles. The number of nitrogens with zero attached hydrogens (tertiary/aromatic N) is 2. The van der Waals surface area contributed by atoms with Gasteiger partial charge in [0.1, 0.15) is 5.82 Å². The third-order valence-electron chi connectivity index (χ3n) is 2.55. The number of carbonyl (C=O) groups is 1. The highest BCUT2D eigenvalue weighted by molar-refractivity contribution is 7.98. The van der Waals surface area contributed by atoms with Crippen LogP contribution in [-0.2, 0) is 6.61 Å². The number of amides is 2. The number of benzene rings is 1. The fourth-order valence-electron chi connectivity index (χ4n) is 1.54. The van der Waals surface area contributed by atoms with Crippen molar-refractivity contribution in [2.45, 2.75) is 11.8 Å². The molecule has 110 valence electrons. The van der Waals surface area contributed by atoms with Crippen LogP contribution in [0.25, 0.3) is 0 Å². The van der Waals surface area contributed by atoms with Gasteiger partial charge in [-0.05, 0) is 18.4 Å². The Labute approximate surface area is 131 Å². The summed E-state index contributed by atoms with van der Waals surface area (Å²) in [7, 11) is 0. The standard InChI is InChI=1S/C13H13ClN4O2S/c1-21-13-15-6-8(7-19)11(18-13)17-12(20)16-10-5-3-2-4-9(10)14/h2-6,19H,7H2,1H3,(H2,15,16,17,18,20). The topological polar surface area (TPSA) is 87.1 Å². The molecule has 0 bridgehead atoms. The molecule has 0 spiro atoms. The smallest absolute Gasteiger partial charge is 0.324 e. The molecule has 6 nitrogen and oxygen atoms in total. The molecule has 0 aliphatic heterocycles. The predicted molar refractivity (Wildman–Crippen MR) is 83.8 cm³/mol. The van der Waals surface area contributed by atoms with E-state index in [-0.39, 0.29) is 12.4 Å². The Balaban J connectivity index is 2.14. The van der Waals surface area contributed by atoms with Gasteiger partial charge in [0.15, 0.2) is 5.16 Å². The van der Waals surface area contributed by atoms with Gasteiger partial charge in [-0.2, -0.15) is 0 Å². The van der Waals surface area contributed by atoms with Crippen LogP contribution in [-0.4, -0.2) is 27.4 Å². The number of halogens is 1. The van der Waals surface area contributed by atoms with Crippen molar-refractivity contribution in [3.05, 3.63) is 41.0 Å². The minimum Gasteiger partial charge on any atom is -0.391 e. The van der Waals surface area contributed by atoms with Crippen molar-refractivity contribution in [1.29, 1.82) is 0 Å². The molecule has 0 fully saturated rings. The summed E-state index contributed by atoms with van der Waals surface area (Å²) in [5.41, 5.74) is 0.920. The van der Waals surface area contributed by atoms with Gasteiger partial charge in [0, 0.05) is 11.8 Å². The van der Waals surface area contributed by atoms with Crippen LogP contribution in [0.1, 0.15) is 5.56 Å². The van der Waals surface area contributed by atoms with Crippen LogP contribution in [0.4, 0.5) is 16.3 Å². The molecule has 8 heteroatoms. The van der Waals surface area contributed by atoms with Crippen LogP contribution >= 0.6 is 23.4 Å². The third kappa shape index (κ3) is 4.07. The van der Waals surface area contributed by atoms with E-state index in [2.05, 4.69) is 20.6 Å². The molecule has 0 unspecified atom stereocenters. The van der Waals surface area contributed by atoms with Gasteiger partial charge < -0.3 is 10.4 Å². The number of anilines is 2. The summed E-state index contributed by atoms with van der Waals surface area (Å²) in [5.74, 6) is 0.265. The van der Waals surface area contributed by atoms with Crippen molar-refractivity contribution < 1.29 is 9.90 Å². The molecular weight excluding hydrogens is 312 g/mol. The number of aliphatic hydroxyl groups is 1. The fraction of sp³-hybridized carbons (Fsp3) is 0.154. The summed E-state index contributed by atoms with van der Waals surface area (Å²) in [6, 6.07) is 6.39. The average Bonchev–Trinajstić information content (AvgIpc) is 2.49. The molecule has 0 aliphatic rings. The van der Waals surface area contributed by atoms with Gasteiger partial charge in [-0.25, -0.2) is 14.8 Å². The van der Waals surface area contributed by atoms with Gasteiger partial charge in [0.25, 0.3) is 0 Å². The Morgan fingerprint density at radius 3 is 2.81 bits per heavy atom. The van der Waals surface area contributed by atoms with E-state index in [4.69, 9.17) is 11.6 Å². The Hall–Kier alpha value is -1.83. The first-order valence-electron chi connectivity index (χ1n) is 5.97. The molecule has 2 amide bonds. The molecule has 21 heavy (non-hydrogen) atoms. The lowest BCUT2D eigenvalue weighted by molar-refractivity contribution is 0.261. The number of rotatable bonds is 4. The van der Waals surface area contributed by atoms with Crippen LogP contribution in [0.15, 0.2) is 35.6 Å². The zero-order valence-corrected chi connectivity index (χ0v) is 12.7. The summed E-state index contributed by atoms with van der Waals surface area (Å²) in [6.45, 7) is -0.267. The lowest BCUT2D eigenvalue weighted by atomic mass is 10.3. The maximum atomic E-state index is 12.0. The lowest BCUT2D eigenvalue weighted by Gasteiger charge is -2.11. The van der Waals surface area contributed by atoms with E-state index >= 15 is 0 Å². The molecule has 2 aromatic rings. The van der Waals surface area contributed by atoms with Crippen molar-refractivity contribution in [3.63, 3.8) is 0 Å². The van der Waals surface area contributed by atoms with Crippen molar-refractivity contribution in [3.8, 4) is 0 Å². The highest BCUT2D eigenvalue weighted by Crippen LogP contribution is 2.21. The van der Waals surface area contributed by atoms with Crippen molar-refractivity contribution >= 4 is 40.9 Å². The van der Waals surface area contributed by atoms with E-state index < -0.39 is 6.03 Å². The van der Waals surface area contributed by atoms with Crippen LogP contribution in [0.5, 0.6) is 0 Å². The van der Waals surface area contributed by atoms with Crippen molar-refractivity contribution in [2.75, 3.05) is 16.9 Å². The normalized spacial score (nSPS) is 10.2. The average molecular weight is 325 g/mol. The minimum absolute atomic E-state index is 0.265. The first-order chi connectivity index (χ1) is 10.1. The highest BCUT2D eigenvalue weighted by atomic mass is 35.5.